The molecule has 2 fully saturated rings. The number of sulfone groups is 1. The molecule has 6 nitrogen and oxygen atoms in total. The van der Waals surface area contributed by atoms with Gasteiger partial charge in [0.25, 0.3) is 0 Å². The van der Waals surface area contributed by atoms with E-state index in [4.69, 9.17) is 4.52 Å². The lowest BCUT2D eigenvalue weighted by atomic mass is 10.0. The van der Waals surface area contributed by atoms with Crippen molar-refractivity contribution in [1.29, 1.82) is 0 Å². The molecule has 0 amide bonds. The van der Waals surface area contributed by atoms with Crippen LogP contribution < -0.4 is 5.32 Å². The SMILES string of the molecule is CCCNC1CSCC1c1nc(C2CCS(=O)(=O)C2)no1. The summed E-state index contributed by atoms with van der Waals surface area (Å²) < 4.78 is 28.5. The van der Waals surface area contributed by atoms with Crippen molar-refractivity contribution < 1.29 is 12.9 Å². The van der Waals surface area contributed by atoms with E-state index in [1.54, 1.807) is 0 Å². The van der Waals surface area contributed by atoms with E-state index in [9.17, 15) is 8.42 Å². The summed E-state index contributed by atoms with van der Waals surface area (Å²) in [5, 5.41) is 7.56. The number of nitrogens with one attached hydrogen (secondary N) is 1. The number of thioether (sulfide) groups is 1. The molecule has 8 heteroatoms. The molecule has 0 saturated carbocycles. The molecular formula is C13H21N3O3S2. The van der Waals surface area contributed by atoms with E-state index < -0.39 is 9.84 Å². The first-order valence-corrected chi connectivity index (χ1v) is 10.4. The quantitative estimate of drug-likeness (QED) is 0.867. The Morgan fingerprint density at radius 2 is 2.29 bits per heavy atom. The average molecular weight is 331 g/mol. The Balaban J connectivity index is 1.70. The second-order valence-electron chi connectivity index (χ2n) is 5.80. The molecule has 21 heavy (non-hydrogen) atoms. The Morgan fingerprint density at radius 1 is 1.43 bits per heavy atom. The summed E-state index contributed by atoms with van der Waals surface area (Å²) in [5.74, 6) is 3.80. The van der Waals surface area contributed by atoms with Gasteiger partial charge in [0.2, 0.25) is 5.89 Å². The Hall–Kier alpha value is -0.600. The first-order valence-electron chi connectivity index (χ1n) is 7.44. The zero-order valence-electron chi connectivity index (χ0n) is 12.1. The van der Waals surface area contributed by atoms with Gasteiger partial charge in [0, 0.05) is 23.5 Å². The van der Waals surface area contributed by atoms with E-state index in [0.29, 0.717) is 24.2 Å². The smallest absolute Gasteiger partial charge is 0.232 e. The summed E-state index contributed by atoms with van der Waals surface area (Å²) in [4.78, 5) is 4.50. The average Bonchev–Trinajstić information content (AvgIpc) is 3.14. The van der Waals surface area contributed by atoms with Crippen molar-refractivity contribution in [2.45, 2.75) is 37.6 Å². The van der Waals surface area contributed by atoms with Crippen LogP contribution in [0.2, 0.25) is 0 Å². The molecular weight excluding hydrogens is 310 g/mol. The van der Waals surface area contributed by atoms with E-state index in [1.807, 2.05) is 11.8 Å². The van der Waals surface area contributed by atoms with Crippen molar-refractivity contribution in [2.24, 2.45) is 0 Å². The first-order chi connectivity index (χ1) is 10.1. The maximum atomic E-state index is 11.5. The molecule has 0 aliphatic carbocycles. The van der Waals surface area contributed by atoms with Crippen molar-refractivity contribution in [2.75, 3.05) is 29.6 Å². The molecule has 1 aromatic rings. The Labute approximate surface area is 129 Å². The number of hydrogen-bond acceptors (Lipinski definition) is 7. The van der Waals surface area contributed by atoms with Gasteiger partial charge >= 0.3 is 0 Å². The molecule has 118 valence electrons. The summed E-state index contributed by atoms with van der Waals surface area (Å²) in [6, 6.07) is 0.371. The van der Waals surface area contributed by atoms with E-state index in [0.717, 1.165) is 24.5 Å². The third kappa shape index (κ3) is 3.43. The fourth-order valence-electron chi connectivity index (χ4n) is 2.89. The van der Waals surface area contributed by atoms with Crippen LogP contribution in [0.15, 0.2) is 4.52 Å². The van der Waals surface area contributed by atoms with Crippen molar-refractivity contribution >= 4 is 21.6 Å². The number of hydrogen-bond donors (Lipinski definition) is 1. The standard InChI is InChI=1S/C13H21N3O3S2/c1-2-4-14-11-7-20-6-10(11)13-15-12(16-19-13)9-3-5-21(17,18)8-9/h9-11,14H,2-8H2,1H3. The molecule has 0 aromatic carbocycles. The van der Waals surface area contributed by atoms with Gasteiger partial charge in [-0.15, -0.1) is 0 Å². The third-order valence-corrected chi connectivity index (χ3v) is 7.07. The first kappa shape index (κ1) is 15.3. The predicted octanol–water partition coefficient (Wildman–Crippen LogP) is 1.17. The molecule has 3 rings (SSSR count). The minimum Gasteiger partial charge on any atom is -0.339 e. The maximum Gasteiger partial charge on any atom is 0.232 e. The zero-order chi connectivity index (χ0) is 14.9. The van der Waals surface area contributed by atoms with Gasteiger partial charge in [-0.3, -0.25) is 0 Å². The molecule has 0 spiro atoms. The van der Waals surface area contributed by atoms with Crippen LogP contribution in [-0.2, 0) is 9.84 Å². The van der Waals surface area contributed by atoms with Gasteiger partial charge in [0.05, 0.1) is 17.4 Å². The van der Waals surface area contributed by atoms with Gasteiger partial charge in [-0.05, 0) is 19.4 Å². The molecule has 0 bridgehead atoms. The fourth-order valence-corrected chi connectivity index (χ4v) is 6.00. The van der Waals surface area contributed by atoms with Crippen molar-refractivity contribution in [1.82, 2.24) is 15.5 Å². The summed E-state index contributed by atoms with van der Waals surface area (Å²) in [6.07, 6.45) is 1.71. The minimum absolute atomic E-state index is 0.0939. The van der Waals surface area contributed by atoms with E-state index in [2.05, 4.69) is 22.4 Å². The lowest BCUT2D eigenvalue weighted by Crippen LogP contribution is -2.34. The molecule has 1 aromatic heterocycles. The summed E-state index contributed by atoms with van der Waals surface area (Å²) in [7, 11) is -2.91. The second-order valence-corrected chi connectivity index (χ2v) is 9.10. The normalized spacial score (nSPS) is 31.8. The molecule has 3 unspecified atom stereocenters. The van der Waals surface area contributed by atoms with E-state index >= 15 is 0 Å². The molecule has 3 heterocycles. The maximum absolute atomic E-state index is 11.5. The van der Waals surface area contributed by atoms with E-state index in [1.165, 1.54) is 0 Å². The monoisotopic (exact) mass is 331 g/mol. The van der Waals surface area contributed by atoms with Crippen LogP contribution in [0.4, 0.5) is 0 Å². The van der Waals surface area contributed by atoms with Crippen LogP contribution in [-0.4, -0.2) is 54.2 Å². The zero-order valence-corrected chi connectivity index (χ0v) is 13.8. The highest BCUT2D eigenvalue weighted by Crippen LogP contribution is 2.34. The minimum atomic E-state index is -2.91. The van der Waals surface area contributed by atoms with Crippen LogP contribution in [0.1, 0.15) is 43.3 Å². The Kier molecular flexibility index (Phi) is 4.56. The Morgan fingerprint density at radius 3 is 3.00 bits per heavy atom. The second kappa shape index (κ2) is 6.26. The van der Waals surface area contributed by atoms with Crippen LogP contribution in [0.25, 0.3) is 0 Å². The predicted molar refractivity (Wildman–Crippen MR) is 82.5 cm³/mol. The van der Waals surface area contributed by atoms with Gasteiger partial charge < -0.3 is 9.84 Å². The van der Waals surface area contributed by atoms with Crippen molar-refractivity contribution in [3.63, 3.8) is 0 Å². The summed E-state index contributed by atoms with van der Waals surface area (Å²) in [6.45, 7) is 3.14. The van der Waals surface area contributed by atoms with E-state index in [-0.39, 0.29) is 23.3 Å². The van der Waals surface area contributed by atoms with Crippen molar-refractivity contribution in [3.05, 3.63) is 11.7 Å². The highest BCUT2D eigenvalue weighted by Gasteiger charge is 2.36. The van der Waals surface area contributed by atoms with Gasteiger partial charge in [-0.1, -0.05) is 12.1 Å². The fraction of sp³-hybridized carbons (Fsp3) is 0.846. The van der Waals surface area contributed by atoms with Crippen molar-refractivity contribution in [3.8, 4) is 0 Å². The highest BCUT2D eigenvalue weighted by molar-refractivity contribution is 7.99. The summed E-state index contributed by atoms with van der Waals surface area (Å²) in [5.41, 5.74) is 0. The number of rotatable bonds is 5. The number of nitrogens with zero attached hydrogens (tertiary/aromatic N) is 2. The molecule has 2 aliphatic rings. The molecule has 2 aliphatic heterocycles. The molecule has 3 atom stereocenters. The van der Waals surface area contributed by atoms with Crippen LogP contribution in [0.3, 0.4) is 0 Å². The molecule has 0 radical (unpaired) electrons. The molecule has 1 N–H and O–H groups in total. The number of aromatic nitrogens is 2. The van der Waals surface area contributed by atoms with Gasteiger partial charge in [-0.25, -0.2) is 8.42 Å². The van der Waals surface area contributed by atoms with Crippen LogP contribution in [0, 0.1) is 0 Å². The topological polar surface area (TPSA) is 85.1 Å². The Bertz CT molecular complexity index is 587. The largest absolute Gasteiger partial charge is 0.339 e. The third-order valence-electron chi connectivity index (χ3n) is 4.11. The highest BCUT2D eigenvalue weighted by atomic mass is 32.2. The van der Waals surface area contributed by atoms with Gasteiger partial charge in [0.15, 0.2) is 15.7 Å². The van der Waals surface area contributed by atoms with Crippen LogP contribution in [0.5, 0.6) is 0 Å². The summed E-state index contributed by atoms with van der Waals surface area (Å²) >= 11 is 1.89. The lowest BCUT2D eigenvalue weighted by Gasteiger charge is -2.16. The van der Waals surface area contributed by atoms with Gasteiger partial charge in [0.1, 0.15) is 0 Å². The van der Waals surface area contributed by atoms with Gasteiger partial charge in [-0.2, -0.15) is 16.7 Å². The lowest BCUT2D eigenvalue weighted by molar-refractivity contribution is 0.335. The van der Waals surface area contributed by atoms with Crippen LogP contribution >= 0.6 is 11.8 Å². The molecule has 2 saturated heterocycles.